The van der Waals surface area contributed by atoms with Crippen LogP contribution in [0.25, 0.3) is 22.2 Å². The van der Waals surface area contributed by atoms with Crippen molar-refractivity contribution in [2.45, 2.75) is 6.92 Å². The van der Waals surface area contributed by atoms with Gasteiger partial charge < -0.3 is 5.32 Å². The van der Waals surface area contributed by atoms with E-state index in [-0.39, 0.29) is 5.78 Å². The van der Waals surface area contributed by atoms with Crippen LogP contribution in [0.15, 0.2) is 72.8 Å². The van der Waals surface area contributed by atoms with E-state index in [0.717, 1.165) is 27.8 Å². The standard InChI is InChI=1S/C22H16ClN3O/c1-14(27)16-8-5-9-18(12-16)24-22-25-20-13-17(23)10-11-19(20)21(26-22)15-6-3-2-4-7-15/h2-13H,1H3,(H,24,25,26). The summed E-state index contributed by atoms with van der Waals surface area (Å²) >= 11 is 6.17. The zero-order valence-electron chi connectivity index (χ0n) is 14.6. The number of carbonyl (C=O) groups excluding carboxylic acids is 1. The van der Waals surface area contributed by atoms with Gasteiger partial charge in [0, 0.05) is 27.2 Å². The first kappa shape index (κ1) is 17.2. The number of anilines is 2. The van der Waals surface area contributed by atoms with Crippen LogP contribution < -0.4 is 5.32 Å². The third-order valence-corrected chi connectivity index (χ3v) is 4.47. The number of ketones is 1. The smallest absolute Gasteiger partial charge is 0.228 e. The molecule has 132 valence electrons. The van der Waals surface area contributed by atoms with E-state index in [1.807, 2.05) is 60.7 Å². The van der Waals surface area contributed by atoms with Gasteiger partial charge in [-0.1, -0.05) is 54.1 Å². The van der Waals surface area contributed by atoms with Gasteiger partial charge in [0.25, 0.3) is 0 Å². The molecule has 4 rings (SSSR count). The molecule has 27 heavy (non-hydrogen) atoms. The molecule has 1 N–H and O–H groups in total. The number of benzene rings is 3. The minimum atomic E-state index is 0.00911. The predicted molar refractivity (Wildman–Crippen MR) is 110 cm³/mol. The monoisotopic (exact) mass is 373 g/mol. The maximum atomic E-state index is 11.6. The summed E-state index contributed by atoms with van der Waals surface area (Å²) in [6, 6.07) is 22.8. The first-order valence-electron chi connectivity index (χ1n) is 8.51. The molecular formula is C22H16ClN3O. The molecule has 0 radical (unpaired) electrons. The van der Waals surface area contributed by atoms with Gasteiger partial charge in [-0.25, -0.2) is 9.97 Å². The van der Waals surface area contributed by atoms with E-state index in [9.17, 15) is 4.79 Å². The lowest BCUT2D eigenvalue weighted by molar-refractivity contribution is 0.101. The Morgan fingerprint density at radius 2 is 1.74 bits per heavy atom. The van der Waals surface area contributed by atoms with E-state index in [4.69, 9.17) is 16.6 Å². The number of fused-ring (bicyclic) bond motifs is 1. The molecule has 0 aliphatic carbocycles. The van der Waals surface area contributed by atoms with Crippen molar-refractivity contribution in [3.63, 3.8) is 0 Å². The number of hydrogen-bond donors (Lipinski definition) is 1. The zero-order valence-corrected chi connectivity index (χ0v) is 15.4. The molecule has 0 aliphatic rings. The first-order valence-corrected chi connectivity index (χ1v) is 8.89. The van der Waals surface area contributed by atoms with Crippen LogP contribution in [-0.2, 0) is 0 Å². The van der Waals surface area contributed by atoms with Crippen LogP contribution >= 0.6 is 11.6 Å². The Balaban J connectivity index is 1.84. The fourth-order valence-corrected chi connectivity index (χ4v) is 3.09. The minimum Gasteiger partial charge on any atom is -0.324 e. The second-order valence-electron chi connectivity index (χ2n) is 6.19. The number of nitrogens with one attached hydrogen (secondary N) is 1. The Labute approximate surface area is 161 Å². The molecule has 0 saturated heterocycles. The van der Waals surface area contributed by atoms with Gasteiger partial charge >= 0.3 is 0 Å². The maximum absolute atomic E-state index is 11.6. The van der Waals surface area contributed by atoms with Crippen LogP contribution in [0, 0.1) is 0 Å². The van der Waals surface area contributed by atoms with Crippen LogP contribution in [0.5, 0.6) is 0 Å². The zero-order chi connectivity index (χ0) is 18.8. The largest absolute Gasteiger partial charge is 0.324 e. The molecule has 0 bridgehead atoms. The number of aromatic nitrogens is 2. The average Bonchev–Trinajstić information content (AvgIpc) is 2.68. The molecule has 0 unspecified atom stereocenters. The fourth-order valence-electron chi connectivity index (χ4n) is 2.92. The van der Waals surface area contributed by atoms with Crippen molar-refractivity contribution >= 4 is 39.9 Å². The highest BCUT2D eigenvalue weighted by Gasteiger charge is 2.11. The predicted octanol–water partition coefficient (Wildman–Crippen LogP) is 5.90. The summed E-state index contributed by atoms with van der Waals surface area (Å²) in [5.74, 6) is 0.458. The molecule has 3 aromatic carbocycles. The van der Waals surface area contributed by atoms with Gasteiger partial charge in [-0.2, -0.15) is 0 Å². The quantitative estimate of drug-likeness (QED) is 0.453. The van der Waals surface area contributed by atoms with Crippen molar-refractivity contribution in [2.75, 3.05) is 5.32 Å². The van der Waals surface area contributed by atoms with Gasteiger partial charge in [-0.3, -0.25) is 4.79 Å². The second-order valence-corrected chi connectivity index (χ2v) is 6.62. The fraction of sp³-hybridized carbons (Fsp3) is 0.0455. The first-order chi connectivity index (χ1) is 13.1. The highest BCUT2D eigenvalue weighted by Crippen LogP contribution is 2.29. The lowest BCUT2D eigenvalue weighted by Gasteiger charge is -2.11. The van der Waals surface area contributed by atoms with Crippen LogP contribution in [0.3, 0.4) is 0 Å². The summed E-state index contributed by atoms with van der Waals surface area (Å²) in [4.78, 5) is 20.9. The summed E-state index contributed by atoms with van der Waals surface area (Å²) in [6.07, 6.45) is 0. The third kappa shape index (κ3) is 3.66. The van der Waals surface area contributed by atoms with Gasteiger partial charge in [-0.05, 0) is 37.3 Å². The topological polar surface area (TPSA) is 54.9 Å². The number of nitrogens with zero attached hydrogens (tertiary/aromatic N) is 2. The lowest BCUT2D eigenvalue weighted by Crippen LogP contribution is -2.01. The molecule has 4 aromatic rings. The maximum Gasteiger partial charge on any atom is 0.228 e. The van der Waals surface area contributed by atoms with Gasteiger partial charge in [0.15, 0.2) is 5.78 Å². The van der Waals surface area contributed by atoms with E-state index < -0.39 is 0 Å². The van der Waals surface area contributed by atoms with E-state index in [0.29, 0.717) is 16.5 Å². The van der Waals surface area contributed by atoms with Gasteiger partial charge in [0.1, 0.15) is 0 Å². The number of rotatable bonds is 4. The summed E-state index contributed by atoms with van der Waals surface area (Å²) in [6.45, 7) is 1.54. The molecule has 0 amide bonds. The van der Waals surface area contributed by atoms with Crippen LogP contribution in [0.4, 0.5) is 11.6 Å². The molecule has 0 spiro atoms. The molecule has 0 saturated carbocycles. The van der Waals surface area contributed by atoms with E-state index in [1.165, 1.54) is 0 Å². The Hall–Kier alpha value is -3.24. The number of carbonyl (C=O) groups is 1. The van der Waals surface area contributed by atoms with Crippen molar-refractivity contribution in [3.05, 3.63) is 83.4 Å². The lowest BCUT2D eigenvalue weighted by atomic mass is 10.1. The number of Topliss-reactive ketones (excluding diaryl/α,β-unsaturated/α-hetero) is 1. The van der Waals surface area contributed by atoms with Crippen molar-refractivity contribution in [1.29, 1.82) is 0 Å². The normalized spacial score (nSPS) is 10.7. The Morgan fingerprint density at radius 3 is 2.52 bits per heavy atom. The van der Waals surface area contributed by atoms with Crippen molar-refractivity contribution in [2.24, 2.45) is 0 Å². The van der Waals surface area contributed by atoms with Crippen LogP contribution in [0.2, 0.25) is 5.02 Å². The van der Waals surface area contributed by atoms with Crippen molar-refractivity contribution in [1.82, 2.24) is 9.97 Å². The van der Waals surface area contributed by atoms with E-state index in [1.54, 1.807) is 19.1 Å². The Bertz CT molecular complexity index is 1140. The number of halogens is 1. The van der Waals surface area contributed by atoms with Gasteiger partial charge in [0.05, 0.1) is 11.2 Å². The molecule has 0 atom stereocenters. The molecule has 0 aliphatic heterocycles. The Kier molecular flexibility index (Phi) is 4.57. The van der Waals surface area contributed by atoms with Gasteiger partial charge in [-0.15, -0.1) is 0 Å². The SMILES string of the molecule is CC(=O)c1cccc(Nc2nc(-c3ccccc3)c3ccc(Cl)cc3n2)c1. The summed E-state index contributed by atoms with van der Waals surface area (Å²) < 4.78 is 0. The van der Waals surface area contributed by atoms with E-state index >= 15 is 0 Å². The average molecular weight is 374 g/mol. The molecule has 1 heterocycles. The molecule has 5 heteroatoms. The molecule has 4 nitrogen and oxygen atoms in total. The van der Waals surface area contributed by atoms with Crippen molar-refractivity contribution < 1.29 is 4.79 Å². The van der Waals surface area contributed by atoms with Crippen LogP contribution in [0.1, 0.15) is 17.3 Å². The highest BCUT2D eigenvalue weighted by atomic mass is 35.5. The minimum absolute atomic E-state index is 0.00911. The Morgan fingerprint density at radius 1 is 0.926 bits per heavy atom. The molecule has 1 aromatic heterocycles. The second kappa shape index (κ2) is 7.17. The molecule has 0 fully saturated rings. The summed E-state index contributed by atoms with van der Waals surface area (Å²) in [7, 11) is 0. The third-order valence-electron chi connectivity index (χ3n) is 4.23. The summed E-state index contributed by atoms with van der Waals surface area (Å²) in [5.41, 5.74) is 3.95. The van der Waals surface area contributed by atoms with Crippen molar-refractivity contribution in [3.8, 4) is 11.3 Å². The van der Waals surface area contributed by atoms with Gasteiger partial charge in [0.2, 0.25) is 5.95 Å². The number of hydrogen-bond acceptors (Lipinski definition) is 4. The van der Waals surface area contributed by atoms with Crippen LogP contribution in [-0.4, -0.2) is 15.8 Å². The highest BCUT2D eigenvalue weighted by molar-refractivity contribution is 6.31. The summed E-state index contributed by atoms with van der Waals surface area (Å²) in [5, 5.41) is 4.74. The van der Waals surface area contributed by atoms with E-state index in [2.05, 4.69) is 10.3 Å². The molecular weight excluding hydrogens is 358 g/mol.